The fourth-order valence-electron chi connectivity index (χ4n) is 2.64. The second-order valence-electron chi connectivity index (χ2n) is 5.82. The third-order valence-electron chi connectivity index (χ3n) is 3.93. The van der Waals surface area contributed by atoms with Crippen molar-refractivity contribution in [1.29, 1.82) is 0 Å². The lowest BCUT2D eigenvalue weighted by Gasteiger charge is -2.20. The lowest BCUT2D eigenvalue weighted by atomic mass is 10.2. The van der Waals surface area contributed by atoms with Gasteiger partial charge >= 0.3 is 0 Å². The Morgan fingerprint density at radius 1 is 1.07 bits per heavy atom. The molecule has 0 bridgehead atoms. The molecule has 1 aromatic heterocycles. The van der Waals surface area contributed by atoms with Gasteiger partial charge in [0.15, 0.2) is 5.01 Å². The largest absolute Gasteiger partial charge is 0.485 e. The molecule has 0 N–H and O–H groups in total. The first-order valence-corrected chi connectivity index (χ1v) is 11.1. The van der Waals surface area contributed by atoms with Crippen LogP contribution in [0.3, 0.4) is 0 Å². The standard InChI is InChI=1S/C18H12Cl3N3O2S2/c19-11-3-1-10(2-4-11)17-24(16(25)9-27-17)18-23-22-15(28-18)8-26-14-6-5-12(20)7-13(14)21/h1-7,17H,8-9H2. The van der Waals surface area contributed by atoms with E-state index in [9.17, 15) is 4.79 Å². The molecule has 4 rings (SSSR count). The van der Waals surface area contributed by atoms with Gasteiger partial charge in [0.05, 0.1) is 10.8 Å². The molecule has 2 heterocycles. The van der Waals surface area contributed by atoms with Gasteiger partial charge in [0.25, 0.3) is 0 Å². The van der Waals surface area contributed by atoms with Crippen LogP contribution in [0.15, 0.2) is 42.5 Å². The van der Waals surface area contributed by atoms with E-state index in [2.05, 4.69) is 10.2 Å². The van der Waals surface area contributed by atoms with Gasteiger partial charge in [-0.2, -0.15) is 0 Å². The van der Waals surface area contributed by atoms with E-state index in [1.54, 1.807) is 34.9 Å². The van der Waals surface area contributed by atoms with Crippen molar-refractivity contribution in [1.82, 2.24) is 10.2 Å². The maximum atomic E-state index is 12.4. The summed E-state index contributed by atoms with van der Waals surface area (Å²) >= 11 is 20.8. The van der Waals surface area contributed by atoms with E-state index >= 15 is 0 Å². The third kappa shape index (κ3) is 4.23. The zero-order valence-electron chi connectivity index (χ0n) is 14.1. The number of aromatic nitrogens is 2. The molecule has 0 saturated carbocycles. The SMILES string of the molecule is O=C1CSC(c2ccc(Cl)cc2)N1c1nnc(COc2ccc(Cl)cc2Cl)s1. The van der Waals surface area contributed by atoms with Crippen LogP contribution < -0.4 is 9.64 Å². The number of ether oxygens (including phenoxy) is 1. The zero-order valence-corrected chi connectivity index (χ0v) is 18.0. The molecule has 5 nitrogen and oxygen atoms in total. The van der Waals surface area contributed by atoms with Crippen LogP contribution in [-0.4, -0.2) is 21.9 Å². The van der Waals surface area contributed by atoms with Crippen molar-refractivity contribution in [2.75, 3.05) is 10.7 Å². The van der Waals surface area contributed by atoms with Crippen LogP contribution in [0.4, 0.5) is 5.13 Å². The Labute approximate surface area is 184 Å². The first-order valence-electron chi connectivity index (χ1n) is 8.10. The quantitative estimate of drug-likeness (QED) is 0.466. The van der Waals surface area contributed by atoms with Crippen LogP contribution in [0.5, 0.6) is 5.75 Å². The number of halogens is 3. The molecule has 0 spiro atoms. The highest BCUT2D eigenvalue weighted by Crippen LogP contribution is 2.43. The third-order valence-corrected chi connectivity index (χ3v) is 6.82. The topological polar surface area (TPSA) is 55.3 Å². The number of hydrogen-bond acceptors (Lipinski definition) is 6. The molecule has 1 fully saturated rings. The van der Waals surface area contributed by atoms with E-state index in [4.69, 9.17) is 39.5 Å². The molecule has 0 aliphatic carbocycles. The Morgan fingerprint density at radius 3 is 2.57 bits per heavy atom. The Hall–Kier alpha value is -1.51. The molecule has 1 aliphatic rings. The van der Waals surface area contributed by atoms with Gasteiger partial charge in [0.2, 0.25) is 11.0 Å². The van der Waals surface area contributed by atoms with Gasteiger partial charge in [-0.15, -0.1) is 22.0 Å². The molecule has 1 aliphatic heterocycles. The van der Waals surface area contributed by atoms with Crippen LogP contribution in [0.2, 0.25) is 15.1 Å². The maximum absolute atomic E-state index is 12.4. The molecule has 1 atom stereocenters. The summed E-state index contributed by atoms with van der Waals surface area (Å²) in [6, 6.07) is 12.5. The van der Waals surface area contributed by atoms with Gasteiger partial charge in [-0.25, -0.2) is 0 Å². The summed E-state index contributed by atoms with van der Waals surface area (Å²) < 4.78 is 5.70. The van der Waals surface area contributed by atoms with E-state index in [0.717, 1.165) is 5.56 Å². The predicted molar refractivity (Wildman–Crippen MR) is 115 cm³/mol. The van der Waals surface area contributed by atoms with E-state index in [0.29, 0.717) is 36.7 Å². The number of benzene rings is 2. The highest BCUT2D eigenvalue weighted by molar-refractivity contribution is 8.00. The van der Waals surface area contributed by atoms with Crippen molar-refractivity contribution >= 4 is 68.9 Å². The Kier molecular flexibility index (Phi) is 5.99. The molecule has 1 saturated heterocycles. The molecule has 0 radical (unpaired) electrons. The second-order valence-corrected chi connectivity index (χ2v) is 9.21. The van der Waals surface area contributed by atoms with Crippen LogP contribution in [0.25, 0.3) is 0 Å². The van der Waals surface area contributed by atoms with E-state index in [1.165, 1.54) is 11.3 Å². The van der Waals surface area contributed by atoms with Crippen LogP contribution in [0, 0.1) is 0 Å². The van der Waals surface area contributed by atoms with Gasteiger partial charge in [-0.1, -0.05) is 58.3 Å². The first-order chi connectivity index (χ1) is 13.5. The molecular weight excluding hydrogens is 461 g/mol. The number of hydrogen-bond donors (Lipinski definition) is 0. The molecule has 2 aromatic carbocycles. The van der Waals surface area contributed by atoms with Gasteiger partial charge < -0.3 is 4.74 Å². The molecule has 3 aromatic rings. The summed E-state index contributed by atoms with van der Waals surface area (Å²) in [6.45, 7) is 0.194. The highest BCUT2D eigenvalue weighted by atomic mass is 35.5. The lowest BCUT2D eigenvalue weighted by Crippen LogP contribution is -2.27. The van der Waals surface area contributed by atoms with Crippen LogP contribution >= 0.6 is 57.9 Å². The summed E-state index contributed by atoms with van der Waals surface area (Å²) in [5.74, 6) is 0.892. The van der Waals surface area contributed by atoms with Crippen molar-refractivity contribution in [3.63, 3.8) is 0 Å². The first kappa shape index (κ1) is 19.8. The molecule has 1 amide bonds. The minimum absolute atomic E-state index is 0.00526. The Morgan fingerprint density at radius 2 is 1.82 bits per heavy atom. The summed E-state index contributed by atoms with van der Waals surface area (Å²) in [6.07, 6.45) is 0. The minimum Gasteiger partial charge on any atom is -0.485 e. The fraction of sp³-hybridized carbons (Fsp3) is 0.167. The number of carbonyl (C=O) groups is 1. The summed E-state index contributed by atoms with van der Waals surface area (Å²) in [7, 11) is 0. The number of carbonyl (C=O) groups excluding carboxylic acids is 1. The lowest BCUT2D eigenvalue weighted by molar-refractivity contribution is -0.115. The van der Waals surface area contributed by atoms with E-state index in [-0.39, 0.29) is 17.9 Å². The van der Waals surface area contributed by atoms with Crippen molar-refractivity contribution in [2.24, 2.45) is 0 Å². The van der Waals surface area contributed by atoms with Crippen molar-refractivity contribution in [2.45, 2.75) is 12.0 Å². The normalized spacial score (nSPS) is 16.6. The maximum Gasteiger partial charge on any atom is 0.240 e. The number of amides is 1. The molecule has 144 valence electrons. The average Bonchev–Trinajstić information content (AvgIpc) is 3.28. The monoisotopic (exact) mass is 471 g/mol. The predicted octanol–water partition coefficient (Wildman–Crippen LogP) is 5.86. The Bertz CT molecular complexity index is 1010. The number of thioether (sulfide) groups is 1. The van der Waals surface area contributed by atoms with Gasteiger partial charge in [0, 0.05) is 10.0 Å². The zero-order chi connectivity index (χ0) is 19.7. The van der Waals surface area contributed by atoms with Crippen molar-refractivity contribution in [3.8, 4) is 5.75 Å². The van der Waals surface area contributed by atoms with Crippen LogP contribution in [0.1, 0.15) is 15.9 Å². The van der Waals surface area contributed by atoms with Crippen molar-refractivity contribution < 1.29 is 9.53 Å². The van der Waals surface area contributed by atoms with E-state index in [1.807, 2.05) is 24.3 Å². The summed E-state index contributed by atoms with van der Waals surface area (Å²) in [5.41, 5.74) is 0.987. The Balaban J connectivity index is 1.50. The number of nitrogens with zero attached hydrogens (tertiary/aromatic N) is 3. The second kappa shape index (κ2) is 8.47. The van der Waals surface area contributed by atoms with Crippen LogP contribution in [-0.2, 0) is 11.4 Å². The summed E-state index contributed by atoms with van der Waals surface area (Å²) in [5, 5.41) is 11.0. The fourth-order valence-corrected chi connectivity index (χ4v) is 5.25. The average molecular weight is 473 g/mol. The van der Waals surface area contributed by atoms with Crippen molar-refractivity contribution in [3.05, 3.63) is 68.1 Å². The molecule has 10 heteroatoms. The molecular formula is C18H12Cl3N3O2S2. The van der Waals surface area contributed by atoms with E-state index < -0.39 is 0 Å². The summed E-state index contributed by atoms with van der Waals surface area (Å²) in [4.78, 5) is 14.1. The van der Waals surface area contributed by atoms with Gasteiger partial charge in [0.1, 0.15) is 17.7 Å². The van der Waals surface area contributed by atoms with Gasteiger partial charge in [-0.05, 0) is 35.9 Å². The smallest absolute Gasteiger partial charge is 0.240 e. The minimum atomic E-state index is -0.155. The van der Waals surface area contributed by atoms with Gasteiger partial charge in [-0.3, -0.25) is 9.69 Å². The number of rotatable bonds is 5. The highest BCUT2D eigenvalue weighted by Gasteiger charge is 2.36. The molecule has 28 heavy (non-hydrogen) atoms. The number of anilines is 1. The molecule has 1 unspecified atom stereocenters.